The lowest BCUT2D eigenvalue weighted by atomic mass is 10.1. The summed E-state index contributed by atoms with van der Waals surface area (Å²) in [6.45, 7) is 3.02. The van der Waals surface area contributed by atoms with Gasteiger partial charge in [-0.25, -0.2) is 4.79 Å². The molecule has 0 aliphatic heterocycles. The van der Waals surface area contributed by atoms with Crippen molar-refractivity contribution in [1.29, 1.82) is 0 Å². The molecule has 0 aliphatic rings. The van der Waals surface area contributed by atoms with Gasteiger partial charge in [-0.3, -0.25) is 0 Å². The van der Waals surface area contributed by atoms with Gasteiger partial charge in [-0.1, -0.05) is 24.0 Å². The topological polar surface area (TPSA) is 43.8 Å². The minimum Gasteiger partial charge on any atom is -0.384 e. The second-order valence-electron chi connectivity index (χ2n) is 4.31. The highest BCUT2D eigenvalue weighted by Gasteiger charge is 2.12. The number of aliphatic hydroxyl groups is 1. The molecule has 102 valence electrons. The molecule has 0 aromatic heterocycles. The summed E-state index contributed by atoms with van der Waals surface area (Å²) in [6, 6.07) is 7.66. The Balaban J connectivity index is 2.74. The summed E-state index contributed by atoms with van der Waals surface area (Å²) < 4.78 is 0. The number of hydrogen-bond donors (Lipinski definition) is 1. The summed E-state index contributed by atoms with van der Waals surface area (Å²) >= 11 is 0. The lowest BCUT2D eigenvalue weighted by Gasteiger charge is -2.23. The minimum absolute atomic E-state index is 0.00524. The molecule has 0 radical (unpaired) electrons. The van der Waals surface area contributed by atoms with Crippen molar-refractivity contribution in [1.82, 2.24) is 9.80 Å². The van der Waals surface area contributed by atoms with Crippen LogP contribution in [0.4, 0.5) is 4.79 Å². The summed E-state index contributed by atoms with van der Waals surface area (Å²) in [6.07, 6.45) is 0. The van der Waals surface area contributed by atoms with Crippen molar-refractivity contribution in [2.45, 2.75) is 13.5 Å². The monoisotopic (exact) mass is 260 g/mol. The van der Waals surface area contributed by atoms with Crippen LogP contribution in [0.2, 0.25) is 0 Å². The van der Waals surface area contributed by atoms with Crippen LogP contribution in [0.15, 0.2) is 24.3 Å². The smallest absolute Gasteiger partial charge is 0.319 e. The maximum Gasteiger partial charge on any atom is 0.319 e. The Hall–Kier alpha value is -1.99. The molecule has 0 heterocycles. The maximum atomic E-state index is 11.9. The largest absolute Gasteiger partial charge is 0.384 e. The van der Waals surface area contributed by atoms with Crippen LogP contribution in [0.5, 0.6) is 0 Å². The first-order valence-corrected chi connectivity index (χ1v) is 6.23. The molecule has 0 spiro atoms. The predicted molar refractivity (Wildman–Crippen MR) is 75.6 cm³/mol. The van der Waals surface area contributed by atoms with Gasteiger partial charge in [-0.2, -0.15) is 0 Å². The number of hydrogen-bond acceptors (Lipinski definition) is 2. The van der Waals surface area contributed by atoms with E-state index in [0.29, 0.717) is 13.1 Å². The third-order valence-electron chi connectivity index (χ3n) is 2.79. The number of nitrogens with zero attached hydrogens (tertiary/aromatic N) is 2. The zero-order valence-corrected chi connectivity index (χ0v) is 11.7. The first kappa shape index (κ1) is 15.1. The van der Waals surface area contributed by atoms with E-state index >= 15 is 0 Å². The van der Waals surface area contributed by atoms with Crippen molar-refractivity contribution in [2.75, 3.05) is 27.2 Å². The van der Waals surface area contributed by atoms with Crippen molar-refractivity contribution >= 4 is 6.03 Å². The van der Waals surface area contributed by atoms with Gasteiger partial charge in [0.15, 0.2) is 0 Å². The summed E-state index contributed by atoms with van der Waals surface area (Å²) in [7, 11) is 3.56. The lowest BCUT2D eigenvalue weighted by Crippen LogP contribution is -2.38. The fourth-order valence-electron chi connectivity index (χ4n) is 1.66. The summed E-state index contributed by atoms with van der Waals surface area (Å²) in [5.41, 5.74) is 1.86. The van der Waals surface area contributed by atoms with Crippen molar-refractivity contribution in [3.63, 3.8) is 0 Å². The second-order valence-corrected chi connectivity index (χ2v) is 4.31. The number of rotatable bonds is 3. The van der Waals surface area contributed by atoms with Gasteiger partial charge < -0.3 is 14.9 Å². The Labute approximate surface area is 114 Å². The van der Waals surface area contributed by atoms with E-state index in [2.05, 4.69) is 11.8 Å². The quantitative estimate of drug-likeness (QED) is 0.838. The van der Waals surface area contributed by atoms with E-state index in [1.54, 1.807) is 23.9 Å². The number of benzene rings is 1. The molecule has 19 heavy (non-hydrogen) atoms. The molecule has 0 unspecified atom stereocenters. The van der Waals surface area contributed by atoms with Crippen LogP contribution >= 0.6 is 0 Å². The Kier molecular flexibility index (Phi) is 5.91. The first-order chi connectivity index (χ1) is 9.08. The van der Waals surface area contributed by atoms with E-state index in [9.17, 15) is 4.79 Å². The number of carbonyl (C=O) groups excluding carboxylic acids is 1. The molecule has 1 aromatic rings. The Bertz CT molecular complexity index is 488. The highest BCUT2D eigenvalue weighted by atomic mass is 16.2. The fourth-order valence-corrected chi connectivity index (χ4v) is 1.66. The molecule has 0 saturated heterocycles. The molecule has 0 saturated carbocycles. The predicted octanol–water partition coefficient (Wildman–Crippen LogP) is 1.53. The molecule has 0 aliphatic carbocycles. The molecule has 1 aromatic carbocycles. The van der Waals surface area contributed by atoms with Gasteiger partial charge in [0.2, 0.25) is 0 Å². The highest BCUT2D eigenvalue weighted by Crippen LogP contribution is 2.08. The van der Waals surface area contributed by atoms with Crippen LogP contribution in [-0.4, -0.2) is 48.2 Å². The molecule has 0 atom stereocenters. The fraction of sp³-hybridized carbons (Fsp3) is 0.400. The maximum absolute atomic E-state index is 11.9. The van der Waals surface area contributed by atoms with Crippen molar-refractivity contribution < 1.29 is 9.90 Å². The summed E-state index contributed by atoms with van der Waals surface area (Å²) in [5.74, 6) is 5.47. The Morgan fingerprint density at radius 1 is 1.32 bits per heavy atom. The first-order valence-electron chi connectivity index (χ1n) is 6.23. The van der Waals surface area contributed by atoms with Crippen LogP contribution in [0.25, 0.3) is 0 Å². The van der Waals surface area contributed by atoms with Crippen LogP contribution < -0.4 is 0 Å². The van der Waals surface area contributed by atoms with Gasteiger partial charge >= 0.3 is 6.03 Å². The molecular weight excluding hydrogens is 240 g/mol. The van der Waals surface area contributed by atoms with Crippen LogP contribution in [0, 0.1) is 11.8 Å². The third kappa shape index (κ3) is 4.65. The van der Waals surface area contributed by atoms with Crippen molar-refractivity contribution in [2.24, 2.45) is 0 Å². The Morgan fingerprint density at radius 2 is 2.05 bits per heavy atom. The SMILES string of the molecule is CCN(C)C(=O)N(C)Cc1cccc(C#CCO)c1. The molecular formula is C15H20N2O2. The summed E-state index contributed by atoms with van der Waals surface area (Å²) in [5, 5.41) is 8.67. The average Bonchev–Trinajstić information content (AvgIpc) is 2.43. The van der Waals surface area contributed by atoms with Gasteiger partial charge in [-0.15, -0.1) is 0 Å². The van der Waals surface area contributed by atoms with E-state index < -0.39 is 0 Å². The number of aliphatic hydroxyl groups excluding tert-OH is 1. The number of amides is 2. The molecule has 2 amide bonds. The zero-order valence-electron chi connectivity index (χ0n) is 11.7. The van der Waals surface area contributed by atoms with E-state index in [-0.39, 0.29) is 12.6 Å². The number of urea groups is 1. The van der Waals surface area contributed by atoms with E-state index in [0.717, 1.165) is 11.1 Å². The van der Waals surface area contributed by atoms with Crippen LogP contribution in [-0.2, 0) is 6.54 Å². The van der Waals surface area contributed by atoms with E-state index in [1.165, 1.54) is 0 Å². The molecule has 4 nitrogen and oxygen atoms in total. The third-order valence-corrected chi connectivity index (χ3v) is 2.79. The van der Waals surface area contributed by atoms with Gasteiger partial charge in [0.05, 0.1) is 0 Å². The standard InChI is InChI=1S/C15H20N2O2/c1-4-16(2)15(19)17(3)12-14-8-5-7-13(11-14)9-6-10-18/h5,7-8,11,18H,4,10,12H2,1-3H3. The molecule has 1 N–H and O–H groups in total. The second kappa shape index (κ2) is 7.45. The molecule has 4 heteroatoms. The van der Waals surface area contributed by atoms with Crippen molar-refractivity contribution in [3.05, 3.63) is 35.4 Å². The number of carbonyl (C=O) groups is 1. The molecule has 0 fully saturated rings. The lowest BCUT2D eigenvalue weighted by molar-refractivity contribution is 0.173. The van der Waals surface area contributed by atoms with Gasteiger partial charge in [-0.05, 0) is 24.6 Å². The van der Waals surface area contributed by atoms with Crippen LogP contribution in [0.1, 0.15) is 18.1 Å². The van der Waals surface area contributed by atoms with Crippen molar-refractivity contribution in [3.8, 4) is 11.8 Å². The van der Waals surface area contributed by atoms with Crippen LogP contribution in [0.3, 0.4) is 0 Å². The molecule has 1 rings (SSSR count). The minimum atomic E-state index is -0.149. The Morgan fingerprint density at radius 3 is 2.68 bits per heavy atom. The van der Waals surface area contributed by atoms with E-state index in [4.69, 9.17) is 5.11 Å². The van der Waals surface area contributed by atoms with Gasteiger partial charge in [0, 0.05) is 32.7 Å². The zero-order chi connectivity index (χ0) is 14.3. The van der Waals surface area contributed by atoms with Gasteiger partial charge in [0.1, 0.15) is 6.61 Å². The van der Waals surface area contributed by atoms with Gasteiger partial charge in [0.25, 0.3) is 0 Å². The average molecular weight is 260 g/mol. The summed E-state index contributed by atoms with van der Waals surface area (Å²) in [4.78, 5) is 15.3. The van der Waals surface area contributed by atoms with E-state index in [1.807, 2.05) is 31.2 Å². The molecule has 0 bridgehead atoms. The normalized spacial score (nSPS) is 9.47. The highest BCUT2D eigenvalue weighted by molar-refractivity contribution is 5.73.